The van der Waals surface area contributed by atoms with Crippen molar-refractivity contribution >= 4 is 0 Å². The van der Waals surface area contributed by atoms with Gasteiger partial charge < -0.3 is 5.11 Å². The van der Waals surface area contributed by atoms with Crippen molar-refractivity contribution in [3.05, 3.63) is 11.6 Å². The van der Waals surface area contributed by atoms with Crippen molar-refractivity contribution in [3.63, 3.8) is 0 Å². The molecular formula is C21H34O. The molecule has 0 bridgehead atoms. The molecule has 0 aromatic carbocycles. The van der Waals surface area contributed by atoms with Gasteiger partial charge in [0, 0.05) is 0 Å². The van der Waals surface area contributed by atoms with E-state index in [4.69, 9.17) is 0 Å². The predicted molar refractivity (Wildman–Crippen MR) is 91.5 cm³/mol. The smallest absolute Gasteiger partial charge is 0.0543 e. The van der Waals surface area contributed by atoms with E-state index in [0.29, 0.717) is 10.8 Å². The number of allylic oxidation sites excluding steroid dienone is 2. The molecule has 4 rings (SSSR count). The molecule has 0 aliphatic heterocycles. The van der Waals surface area contributed by atoms with Gasteiger partial charge in [-0.05, 0) is 99.2 Å². The SMILES string of the molecule is C/C=C1/CCC2C3CCC4C[C@H](O)CC[C@]4(C)C3CC[C@]12C. The van der Waals surface area contributed by atoms with Gasteiger partial charge in [0.15, 0.2) is 0 Å². The molecule has 4 fully saturated rings. The van der Waals surface area contributed by atoms with Gasteiger partial charge in [-0.25, -0.2) is 0 Å². The Morgan fingerprint density at radius 3 is 2.59 bits per heavy atom. The molecule has 22 heavy (non-hydrogen) atoms. The molecule has 0 aromatic rings. The molecule has 4 aliphatic carbocycles. The Morgan fingerprint density at radius 1 is 1.00 bits per heavy atom. The fourth-order valence-electron chi connectivity index (χ4n) is 7.56. The zero-order valence-electron chi connectivity index (χ0n) is 14.8. The fourth-order valence-corrected chi connectivity index (χ4v) is 7.56. The van der Waals surface area contributed by atoms with Crippen molar-refractivity contribution in [2.24, 2.45) is 34.5 Å². The minimum Gasteiger partial charge on any atom is -0.393 e. The summed E-state index contributed by atoms with van der Waals surface area (Å²) in [5.41, 5.74) is 2.82. The van der Waals surface area contributed by atoms with Gasteiger partial charge >= 0.3 is 0 Å². The van der Waals surface area contributed by atoms with Gasteiger partial charge in [-0.2, -0.15) is 0 Å². The molecule has 4 aliphatic rings. The molecule has 4 unspecified atom stereocenters. The summed E-state index contributed by atoms with van der Waals surface area (Å²) in [6.07, 6.45) is 14.3. The second kappa shape index (κ2) is 5.10. The van der Waals surface area contributed by atoms with Crippen LogP contribution in [0.2, 0.25) is 0 Å². The first-order valence-corrected chi connectivity index (χ1v) is 9.83. The number of aliphatic hydroxyl groups is 1. The number of fused-ring (bicyclic) bond motifs is 5. The van der Waals surface area contributed by atoms with Crippen LogP contribution in [-0.2, 0) is 0 Å². The third kappa shape index (κ3) is 1.93. The molecule has 1 nitrogen and oxygen atoms in total. The van der Waals surface area contributed by atoms with Crippen molar-refractivity contribution < 1.29 is 5.11 Å². The van der Waals surface area contributed by atoms with Crippen LogP contribution in [-0.4, -0.2) is 11.2 Å². The quantitative estimate of drug-likeness (QED) is 0.599. The van der Waals surface area contributed by atoms with Crippen molar-refractivity contribution in [1.82, 2.24) is 0 Å². The first-order valence-electron chi connectivity index (χ1n) is 9.83. The zero-order valence-corrected chi connectivity index (χ0v) is 14.8. The molecule has 0 spiro atoms. The Hall–Kier alpha value is -0.300. The van der Waals surface area contributed by atoms with Gasteiger partial charge in [-0.15, -0.1) is 0 Å². The average molecular weight is 303 g/mol. The molecular weight excluding hydrogens is 268 g/mol. The Bertz CT molecular complexity index is 480. The molecule has 0 radical (unpaired) electrons. The van der Waals surface area contributed by atoms with Crippen LogP contribution < -0.4 is 0 Å². The molecule has 0 aromatic heterocycles. The van der Waals surface area contributed by atoms with Crippen LogP contribution in [0.4, 0.5) is 0 Å². The maximum Gasteiger partial charge on any atom is 0.0543 e. The lowest BCUT2D eigenvalue weighted by Gasteiger charge is -2.60. The predicted octanol–water partition coefficient (Wildman–Crippen LogP) is 5.34. The monoisotopic (exact) mass is 302 g/mol. The largest absolute Gasteiger partial charge is 0.393 e. The van der Waals surface area contributed by atoms with Gasteiger partial charge in [-0.3, -0.25) is 0 Å². The van der Waals surface area contributed by atoms with Crippen LogP contribution in [0.5, 0.6) is 0 Å². The van der Waals surface area contributed by atoms with Gasteiger partial charge in [0.2, 0.25) is 0 Å². The Balaban J connectivity index is 1.63. The summed E-state index contributed by atoms with van der Waals surface area (Å²) < 4.78 is 0. The van der Waals surface area contributed by atoms with E-state index in [1.54, 1.807) is 5.57 Å². The normalized spacial score (nSPS) is 56.4. The third-order valence-corrected chi connectivity index (χ3v) is 8.83. The lowest BCUT2D eigenvalue weighted by Crippen LogP contribution is -2.53. The number of hydrogen-bond acceptors (Lipinski definition) is 1. The molecule has 4 saturated carbocycles. The van der Waals surface area contributed by atoms with E-state index in [1.165, 1.54) is 44.9 Å². The van der Waals surface area contributed by atoms with Crippen LogP contribution in [0, 0.1) is 34.5 Å². The standard InChI is InChI=1S/C21H34O/c1-4-14-6-8-18-17-7-5-15-13-16(22)9-11-21(15,3)19(17)10-12-20(14,18)2/h4,15-19,22H,5-13H2,1-3H3/b14-4-/t15?,16-,17?,18?,19?,20-,21+/m1/s1. The van der Waals surface area contributed by atoms with Crippen LogP contribution in [0.25, 0.3) is 0 Å². The van der Waals surface area contributed by atoms with Crippen LogP contribution in [0.15, 0.2) is 11.6 Å². The molecule has 0 heterocycles. The maximum absolute atomic E-state index is 10.1. The zero-order chi connectivity index (χ0) is 15.5. The van der Waals surface area contributed by atoms with Crippen molar-refractivity contribution in [1.29, 1.82) is 0 Å². The highest BCUT2D eigenvalue weighted by Gasteiger charge is 2.58. The molecule has 0 saturated heterocycles. The summed E-state index contributed by atoms with van der Waals surface area (Å²) in [6, 6.07) is 0. The molecule has 1 N–H and O–H groups in total. The Morgan fingerprint density at radius 2 is 1.82 bits per heavy atom. The van der Waals surface area contributed by atoms with E-state index in [0.717, 1.165) is 36.5 Å². The maximum atomic E-state index is 10.1. The summed E-state index contributed by atoms with van der Waals surface area (Å²) in [7, 11) is 0. The van der Waals surface area contributed by atoms with E-state index < -0.39 is 0 Å². The minimum absolute atomic E-state index is 0.00964. The second-order valence-corrected chi connectivity index (χ2v) is 9.39. The van der Waals surface area contributed by atoms with Crippen LogP contribution in [0.1, 0.15) is 78.6 Å². The van der Waals surface area contributed by atoms with E-state index >= 15 is 0 Å². The van der Waals surface area contributed by atoms with Crippen molar-refractivity contribution in [3.8, 4) is 0 Å². The lowest BCUT2D eigenvalue weighted by molar-refractivity contribution is -0.116. The van der Waals surface area contributed by atoms with E-state index in [1.807, 2.05) is 0 Å². The van der Waals surface area contributed by atoms with E-state index in [-0.39, 0.29) is 6.10 Å². The topological polar surface area (TPSA) is 20.2 Å². The van der Waals surface area contributed by atoms with E-state index in [2.05, 4.69) is 26.8 Å². The Kier molecular flexibility index (Phi) is 3.53. The van der Waals surface area contributed by atoms with Crippen LogP contribution >= 0.6 is 0 Å². The highest BCUT2D eigenvalue weighted by atomic mass is 16.3. The average Bonchev–Trinajstić information content (AvgIpc) is 2.84. The van der Waals surface area contributed by atoms with Gasteiger partial charge in [0.1, 0.15) is 0 Å². The van der Waals surface area contributed by atoms with Crippen LogP contribution in [0.3, 0.4) is 0 Å². The molecule has 0 amide bonds. The summed E-state index contributed by atoms with van der Waals surface area (Å²) in [4.78, 5) is 0. The summed E-state index contributed by atoms with van der Waals surface area (Å²) >= 11 is 0. The van der Waals surface area contributed by atoms with Gasteiger partial charge in [-0.1, -0.05) is 25.5 Å². The number of rotatable bonds is 0. The van der Waals surface area contributed by atoms with Crippen molar-refractivity contribution in [2.45, 2.75) is 84.7 Å². The number of hydrogen-bond donors (Lipinski definition) is 1. The fraction of sp³-hybridized carbons (Fsp3) is 0.905. The second-order valence-electron chi connectivity index (χ2n) is 9.39. The summed E-state index contributed by atoms with van der Waals surface area (Å²) in [6.45, 7) is 7.43. The molecule has 7 atom stereocenters. The minimum atomic E-state index is -0.00964. The van der Waals surface area contributed by atoms with Crippen molar-refractivity contribution in [2.75, 3.05) is 0 Å². The summed E-state index contributed by atoms with van der Waals surface area (Å²) in [5.74, 6) is 3.65. The van der Waals surface area contributed by atoms with E-state index in [9.17, 15) is 5.11 Å². The van der Waals surface area contributed by atoms with Gasteiger partial charge in [0.05, 0.1) is 6.10 Å². The third-order valence-electron chi connectivity index (χ3n) is 8.83. The molecule has 124 valence electrons. The van der Waals surface area contributed by atoms with Gasteiger partial charge in [0.25, 0.3) is 0 Å². The lowest BCUT2D eigenvalue weighted by atomic mass is 9.45. The highest BCUT2D eigenvalue weighted by Crippen LogP contribution is 2.67. The number of aliphatic hydroxyl groups excluding tert-OH is 1. The Labute approximate surface area is 136 Å². The first kappa shape index (κ1) is 15.2. The highest BCUT2D eigenvalue weighted by molar-refractivity contribution is 5.23. The first-order chi connectivity index (χ1) is 10.5. The summed E-state index contributed by atoms with van der Waals surface area (Å²) in [5, 5.41) is 10.1. The molecule has 1 heteroatoms.